The van der Waals surface area contributed by atoms with Crippen molar-refractivity contribution in [1.82, 2.24) is 15.5 Å². The number of rotatable bonds is 5. The van der Waals surface area contributed by atoms with Gasteiger partial charge in [-0.3, -0.25) is 0 Å². The Labute approximate surface area is 201 Å². The predicted octanol–water partition coefficient (Wildman–Crippen LogP) is 3.19. The van der Waals surface area contributed by atoms with E-state index in [0.29, 0.717) is 57.5 Å². The summed E-state index contributed by atoms with van der Waals surface area (Å²) < 4.78 is 20.1. The molecular weight excluding hydrogens is 512 g/mol. The van der Waals surface area contributed by atoms with E-state index in [4.69, 9.17) is 11.2 Å². The van der Waals surface area contributed by atoms with Crippen LogP contribution in [0.3, 0.4) is 0 Å². The molecule has 0 atom stereocenters. The van der Waals surface area contributed by atoms with Crippen LogP contribution < -0.4 is 15.5 Å². The van der Waals surface area contributed by atoms with Gasteiger partial charge in [0.05, 0.1) is 18.8 Å². The first kappa shape index (κ1) is 26.8. The number of terminal acetylenes is 1. The van der Waals surface area contributed by atoms with Crippen LogP contribution in [0.2, 0.25) is 0 Å². The van der Waals surface area contributed by atoms with E-state index in [1.807, 2.05) is 38.7 Å². The number of nitrogens with zero attached hydrogens (tertiary/aromatic N) is 3. The molecule has 0 spiro atoms. The van der Waals surface area contributed by atoms with Gasteiger partial charge in [-0.25, -0.2) is 14.2 Å². The Bertz CT molecular complexity index is 796. The zero-order chi connectivity index (χ0) is 22.1. The van der Waals surface area contributed by atoms with Gasteiger partial charge >= 0.3 is 6.09 Å². The van der Waals surface area contributed by atoms with Crippen LogP contribution in [-0.2, 0) is 11.3 Å². The fourth-order valence-electron chi connectivity index (χ4n) is 3.01. The Balaban J connectivity index is 0.00000480. The molecule has 1 aliphatic rings. The molecule has 9 heteroatoms. The fraction of sp³-hybridized carbons (Fsp3) is 0.545. The Hall–Kier alpha value is -2.22. The number of carbonyl (C=O) groups is 1. The molecule has 1 saturated heterocycles. The molecule has 172 valence electrons. The number of amides is 1. The second-order valence-electron chi connectivity index (χ2n) is 7.99. The van der Waals surface area contributed by atoms with Crippen molar-refractivity contribution in [1.29, 1.82) is 0 Å². The van der Waals surface area contributed by atoms with Gasteiger partial charge in [-0.15, -0.1) is 30.4 Å². The van der Waals surface area contributed by atoms with Gasteiger partial charge in [-0.1, -0.05) is 12.0 Å². The van der Waals surface area contributed by atoms with Gasteiger partial charge in [0.15, 0.2) is 5.96 Å². The summed E-state index contributed by atoms with van der Waals surface area (Å²) in [6.45, 7) is 11.0. The first-order valence-electron chi connectivity index (χ1n) is 10.2. The summed E-state index contributed by atoms with van der Waals surface area (Å²) in [4.78, 5) is 20.2. The smallest absolute Gasteiger partial charge is 0.410 e. The lowest BCUT2D eigenvalue weighted by molar-refractivity contribution is 0.0240. The van der Waals surface area contributed by atoms with Gasteiger partial charge in [0, 0.05) is 32.7 Å². The van der Waals surface area contributed by atoms with Gasteiger partial charge in [0.1, 0.15) is 11.4 Å². The van der Waals surface area contributed by atoms with Crippen LogP contribution in [0.15, 0.2) is 23.2 Å². The van der Waals surface area contributed by atoms with E-state index < -0.39 is 5.60 Å². The number of ether oxygens (including phenoxy) is 1. The number of carbonyl (C=O) groups excluding carboxylic acids is 1. The maximum Gasteiger partial charge on any atom is 0.410 e. The highest BCUT2D eigenvalue weighted by molar-refractivity contribution is 14.0. The molecule has 0 aromatic heterocycles. The van der Waals surface area contributed by atoms with Crippen LogP contribution in [0.4, 0.5) is 14.9 Å². The molecule has 1 aromatic carbocycles. The topological polar surface area (TPSA) is 69.2 Å². The number of halogens is 2. The SMILES string of the molecule is C#CCNC(=NCc1ccc(N2CCN(C(=O)OC(C)(C)C)CC2)c(F)c1)NCC.I. The van der Waals surface area contributed by atoms with E-state index in [-0.39, 0.29) is 35.9 Å². The highest BCUT2D eigenvalue weighted by Gasteiger charge is 2.26. The van der Waals surface area contributed by atoms with Crippen molar-refractivity contribution in [3.8, 4) is 12.3 Å². The number of aliphatic imine (C=N–C) groups is 1. The lowest BCUT2D eigenvalue weighted by Gasteiger charge is -2.36. The number of anilines is 1. The normalized spacial score (nSPS) is 14.4. The van der Waals surface area contributed by atoms with Crippen LogP contribution in [0.25, 0.3) is 0 Å². The second kappa shape index (κ2) is 12.6. The quantitative estimate of drug-likeness (QED) is 0.258. The van der Waals surface area contributed by atoms with Crippen molar-refractivity contribution < 1.29 is 13.9 Å². The molecule has 0 unspecified atom stereocenters. The van der Waals surface area contributed by atoms with Gasteiger partial charge in [0.2, 0.25) is 0 Å². The van der Waals surface area contributed by atoms with Crippen molar-refractivity contribution >= 4 is 41.7 Å². The van der Waals surface area contributed by atoms with Crippen molar-refractivity contribution in [3.63, 3.8) is 0 Å². The Morgan fingerprint density at radius 2 is 1.94 bits per heavy atom. The summed E-state index contributed by atoms with van der Waals surface area (Å²) in [6.07, 6.45) is 4.93. The van der Waals surface area contributed by atoms with E-state index in [2.05, 4.69) is 21.5 Å². The lowest BCUT2D eigenvalue weighted by Crippen LogP contribution is -2.50. The summed E-state index contributed by atoms with van der Waals surface area (Å²) in [6, 6.07) is 5.14. The molecule has 0 radical (unpaired) electrons. The molecule has 0 saturated carbocycles. The zero-order valence-electron chi connectivity index (χ0n) is 18.7. The number of piperazine rings is 1. The molecule has 1 aliphatic heterocycles. The van der Waals surface area contributed by atoms with Gasteiger partial charge in [-0.05, 0) is 45.4 Å². The minimum absolute atomic E-state index is 0. The van der Waals surface area contributed by atoms with E-state index in [0.717, 1.165) is 5.56 Å². The average molecular weight is 545 g/mol. The van der Waals surface area contributed by atoms with Gasteiger partial charge < -0.3 is 25.2 Å². The Morgan fingerprint density at radius 1 is 1.26 bits per heavy atom. The zero-order valence-corrected chi connectivity index (χ0v) is 21.0. The molecule has 1 fully saturated rings. The second-order valence-corrected chi connectivity index (χ2v) is 7.99. The van der Waals surface area contributed by atoms with E-state index >= 15 is 0 Å². The summed E-state index contributed by atoms with van der Waals surface area (Å²) >= 11 is 0. The number of nitrogens with one attached hydrogen (secondary N) is 2. The van der Waals surface area contributed by atoms with Crippen molar-refractivity contribution in [2.24, 2.45) is 4.99 Å². The molecule has 1 amide bonds. The molecule has 1 heterocycles. The van der Waals surface area contributed by atoms with Crippen LogP contribution in [-0.4, -0.2) is 61.8 Å². The van der Waals surface area contributed by atoms with Crippen LogP contribution >= 0.6 is 24.0 Å². The lowest BCUT2D eigenvalue weighted by atomic mass is 10.1. The minimum atomic E-state index is -0.526. The van der Waals surface area contributed by atoms with Crippen molar-refractivity contribution in [2.45, 2.75) is 39.8 Å². The van der Waals surface area contributed by atoms with Gasteiger partial charge in [-0.2, -0.15) is 0 Å². The molecule has 31 heavy (non-hydrogen) atoms. The number of guanidine groups is 1. The predicted molar refractivity (Wildman–Crippen MR) is 133 cm³/mol. The monoisotopic (exact) mass is 545 g/mol. The molecule has 1 aromatic rings. The first-order valence-corrected chi connectivity index (χ1v) is 10.2. The Kier molecular flexibility index (Phi) is 10.9. The molecule has 0 aliphatic carbocycles. The van der Waals surface area contributed by atoms with Crippen LogP contribution in [0, 0.1) is 18.2 Å². The highest BCUT2D eigenvalue weighted by Crippen LogP contribution is 2.23. The van der Waals surface area contributed by atoms with Crippen molar-refractivity contribution in [2.75, 3.05) is 44.2 Å². The van der Waals surface area contributed by atoms with E-state index in [9.17, 15) is 9.18 Å². The average Bonchev–Trinajstić information content (AvgIpc) is 2.69. The first-order chi connectivity index (χ1) is 14.2. The van der Waals surface area contributed by atoms with Crippen LogP contribution in [0.1, 0.15) is 33.3 Å². The van der Waals surface area contributed by atoms with E-state index in [1.54, 1.807) is 11.0 Å². The third kappa shape index (κ3) is 8.81. The molecular formula is C22H33FIN5O2. The maximum atomic E-state index is 14.7. The fourth-order valence-corrected chi connectivity index (χ4v) is 3.01. The molecule has 2 rings (SSSR count). The highest BCUT2D eigenvalue weighted by atomic mass is 127. The number of hydrogen-bond donors (Lipinski definition) is 2. The maximum absolute atomic E-state index is 14.7. The Morgan fingerprint density at radius 3 is 2.48 bits per heavy atom. The summed E-state index contributed by atoms with van der Waals surface area (Å²) in [7, 11) is 0. The number of hydrogen-bond acceptors (Lipinski definition) is 4. The number of benzene rings is 1. The summed E-state index contributed by atoms with van der Waals surface area (Å²) in [5, 5.41) is 6.10. The largest absolute Gasteiger partial charge is 0.444 e. The van der Waals surface area contributed by atoms with E-state index in [1.165, 1.54) is 6.07 Å². The third-order valence-corrected chi connectivity index (χ3v) is 4.41. The molecule has 2 N–H and O–H groups in total. The standard InChI is InChI=1S/C22H32FN5O2.HI/c1-6-10-25-20(24-7-2)26-16-17-8-9-19(18(23)15-17)27-11-13-28(14-12-27)21(29)30-22(3,4)5;/h1,8-9,15H,7,10-14,16H2,2-5H3,(H2,24,25,26);1H. The minimum Gasteiger partial charge on any atom is -0.444 e. The van der Waals surface area contributed by atoms with Gasteiger partial charge in [0.25, 0.3) is 0 Å². The third-order valence-electron chi connectivity index (χ3n) is 4.41. The molecule has 0 bridgehead atoms. The van der Waals surface area contributed by atoms with Crippen LogP contribution in [0.5, 0.6) is 0 Å². The summed E-state index contributed by atoms with van der Waals surface area (Å²) in [5.74, 6) is 2.80. The van der Waals surface area contributed by atoms with Crippen molar-refractivity contribution in [3.05, 3.63) is 29.6 Å². The molecule has 7 nitrogen and oxygen atoms in total. The summed E-state index contributed by atoms with van der Waals surface area (Å²) in [5.41, 5.74) is 0.770.